The van der Waals surface area contributed by atoms with Crippen molar-refractivity contribution in [3.63, 3.8) is 0 Å². The summed E-state index contributed by atoms with van der Waals surface area (Å²) in [6, 6.07) is 11.7. The van der Waals surface area contributed by atoms with Crippen molar-refractivity contribution in [2.45, 2.75) is 6.42 Å². The largest absolute Gasteiger partial charge is 0.350 e. The Morgan fingerprint density at radius 3 is 2.91 bits per heavy atom. The highest BCUT2D eigenvalue weighted by Gasteiger charge is 2.17. The van der Waals surface area contributed by atoms with Gasteiger partial charge in [0.15, 0.2) is 5.69 Å². The van der Waals surface area contributed by atoms with Crippen molar-refractivity contribution in [2.24, 2.45) is 0 Å². The maximum Gasteiger partial charge on any atom is 0.273 e. The maximum atomic E-state index is 13.1. The van der Waals surface area contributed by atoms with Gasteiger partial charge in [0.1, 0.15) is 5.82 Å². The third-order valence-corrected chi connectivity index (χ3v) is 3.66. The molecule has 0 unspecified atom stereocenters. The fourth-order valence-electron chi connectivity index (χ4n) is 2.21. The molecule has 1 N–H and O–H groups in total. The normalized spacial score (nSPS) is 10.8. The Kier molecular flexibility index (Phi) is 4.06. The van der Waals surface area contributed by atoms with E-state index >= 15 is 0 Å². The van der Waals surface area contributed by atoms with Crippen LogP contribution in [0.4, 0.5) is 4.39 Å². The highest BCUT2D eigenvalue weighted by atomic mass is 35.5. The van der Waals surface area contributed by atoms with Crippen molar-refractivity contribution in [1.82, 2.24) is 14.9 Å². The minimum Gasteiger partial charge on any atom is -0.350 e. The zero-order valence-corrected chi connectivity index (χ0v) is 12.3. The van der Waals surface area contributed by atoms with Crippen LogP contribution < -0.4 is 5.32 Å². The summed E-state index contributed by atoms with van der Waals surface area (Å²) in [6.07, 6.45) is 2.26. The Morgan fingerprint density at radius 1 is 1.27 bits per heavy atom. The van der Waals surface area contributed by atoms with E-state index in [1.807, 2.05) is 18.2 Å². The topological polar surface area (TPSA) is 46.4 Å². The van der Waals surface area contributed by atoms with Gasteiger partial charge in [-0.25, -0.2) is 8.91 Å². The van der Waals surface area contributed by atoms with E-state index in [2.05, 4.69) is 10.4 Å². The number of halogens is 2. The SMILES string of the molecule is O=C(NCCc1cccc(F)c1)c1nn2ccccc2c1Cl. The molecule has 3 aromatic rings. The number of carbonyl (C=O) groups excluding carboxylic acids is 1. The monoisotopic (exact) mass is 317 g/mol. The average molecular weight is 318 g/mol. The zero-order valence-electron chi connectivity index (χ0n) is 11.6. The molecule has 2 heterocycles. The fourth-order valence-corrected chi connectivity index (χ4v) is 2.48. The first-order chi connectivity index (χ1) is 10.6. The number of fused-ring (bicyclic) bond motifs is 1. The molecule has 0 fully saturated rings. The molecule has 0 saturated heterocycles. The number of rotatable bonds is 4. The summed E-state index contributed by atoms with van der Waals surface area (Å²) in [5.41, 5.74) is 1.69. The standard InChI is InChI=1S/C16H13ClFN3O/c17-14-13-6-1-2-9-21(13)20-15(14)16(22)19-8-7-11-4-3-5-12(18)10-11/h1-6,9-10H,7-8H2,(H,19,22). The summed E-state index contributed by atoms with van der Waals surface area (Å²) in [4.78, 5) is 12.1. The van der Waals surface area contributed by atoms with Crippen LogP contribution >= 0.6 is 11.6 Å². The van der Waals surface area contributed by atoms with E-state index in [-0.39, 0.29) is 17.4 Å². The first-order valence-corrected chi connectivity index (χ1v) is 7.18. The summed E-state index contributed by atoms with van der Waals surface area (Å²) in [7, 11) is 0. The van der Waals surface area contributed by atoms with Crippen molar-refractivity contribution in [1.29, 1.82) is 0 Å². The Labute approximate surface area is 131 Å². The zero-order chi connectivity index (χ0) is 15.5. The van der Waals surface area contributed by atoms with E-state index in [4.69, 9.17) is 11.6 Å². The van der Waals surface area contributed by atoms with Crippen LogP contribution in [-0.4, -0.2) is 22.1 Å². The van der Waals surface area contributed by atoms with Gasteiger partial charge in [-0.05, 0) is 36.2 Å². The first kappa shape index (κ1) is 14.5. The van der Waals surface area contributed by atoms with E-state index in [9.17, 15) is 9.18 Å². The van der Waals surface area contributed by atoms with Gasteiger partial charge in [0.05, 0.1) is 10.5 Å². The minimum absolute atomic E-state index is 0.187. The van der Waals surface area contributed by atoms with Gasteiger partial charge in [-0.15, -0.1) is 0 Å². The summed E-state index contributed by atoms with van der Waals surface area (Å²) < 4.78 is 14.6. The second kappa shape index (κ2) is 6.15. The molecule has 2 aromatic heterocycles. The molecule has 1 amide bonds. The number of amides is 1. The molecular weight excluding hydrogens is 305 g/mol. The second-order valence-corrected chi connectivity index (χ2v) is 5.21. The van der Waals surface area contributed by atoms with Crippen LogP contribution in [0.3, 0.4) is 0 Å². The molecule has 0 bridgehead atoms. The predicted octanol–water partition coefficient (Wildman–Crippen LogP) is 3.10. The predicted molar refractivity (Wildman–Crippen MR) is 82.6 cm³/mol. The molecule has 0 spiro atoms. The van der Waals surface area contributed by atoms with E-state index in [0.29, 0.717) is 23.5 Å². The molecule has 0 radical (unpaired) electrons. The van der Waals surface area contributed by atoms with Crippen LogP contribution in [0, 0.1) is 5.82 Å². The smallest absolute Gasteiger partial charge is 0.273 e. The van der Waals surface area contributed by atoms with Gasteiger partial charge in [-0.1, -0.05) is 29.8 Å². The van der Waals surface area contributed by atoms with Gasteiger partial charge in [0, 0.05) is 12.7 Å². The quantitative estimate of drug-likeness (QED) is 0.803. The van der Waals surface area contributed by atoms with Gasteiger partial charge in [-0.2, -0.15) is 5.10 Å². The molecule has 4 nitrogen and oxygen atoms in total. The highest BCUT2D eigenvalue weighted by molar-refractivity contribution is 6.36. The number of hydrogen-bond donors (Lipinski definition) is 1. The number of pyridine rings is 1. The van der Waals surface area contributed by atoms with Crippen LogP contribution in [0.1, 0.15) is 16.1 Å². The molecule has 0 aliphatic rings. The summed E-state index contributed by atoms with van der Waals surface area (Å²) in [5.74, 6) is -0.627. The second-order valence-electron chi connectivity index (χ2n) is 4.83. The van der Waals surface area contributed by atoms with Gasteiger partial charge in [-0.3, -0.25) is 4.79 Å². The summed E-state index contributed by atoms with van der Waals surface area (Å²) in [5, 5.41) is 7.23. The lowest BCUT2D eigenvalue weighted by Gasteiger charge is -2.04. The summed E-state index contributed by atoms with van der Waals surface area (Å²) in [6.45, 7) is 0.381. The number of aromatic nitrogens is 2. The lowest BCUT2D eigenvalue weighted by atomic mass is 10.1. The first-order valence-electron chi connectivity index (χ1n) is 6.80. The molecule has 0 aliphatic carbocycles. The van der Waals surface area contributed by atoms with Gasteiger partial charge in [0.25, 0.3) is 5.91 Å². The van der Waals surface area contributed by atoms with Crippen molar-refractivity contribution < 1.29 is 9.18 Å². The number of nitrogens with zero attached hydrogens (tertiary/aromatic N) is 2. The lowest BCUT2D eigenvalue weighted by Crippen LogP contribution is -2.26. The third kappa shape index (κ3) is 2.94. The summed E-state index contributed by atoms with van der Waals surface area (Å²) >= 11 is 6.17. The van der Waals surface area contributed by atoms with Crippen LogP contribution in [0.2, 0.25) is 5.02 Å². The molecule has 3 rings (SSSR count). The number of hydrogen-bond acceptors (Lipinski definition) is 2. The van der Waals surface area contributed by atoms with Crippen LogP contribution in [0.5, 0.6) is 0 Å². The van der Waals surface area contributed by atoms with Crippen LogP contribution in [-0.2, 0) is 6.42 Å². The van der Waals surface area contributed by atoms with Crippen molar-refractivity contribution in [3.8, 4) is 0 Å². The van der Waals surface area contributed by atoms with Crippen molar-refractivity contribution in [2.75, 3.05) is 6.54 Å². The van der Waals surface area contributed by atoms with Crippen LogP contribution in [0.25, 0.3) is 5.52 Å². The Hall–Kier alpha value is -2.40. The number of benzene rings is 1. The van der Waals surface area contributed by atoms with E-state index in [0.717, 1.165) is 5.56 Å². The number of carbonyl (C=O) groups is 1. The van der Waals surface area contributed by atoms with E-state index in [1.54, 1.807) is 22.8 Å². The van der Waals surface area contributed by atoms with Gasteiger partial charge in [0.2, 0.25) is 0 Å². The minimum atomic E-state index is -0.342. The Morgan fingerprint density at radius 2 is 2.14 bits per heavy atom. The van der Waals surface area contributed by atoms with Crippen molar-refractivity contribution in [3.05, 3.63) is 70.8 Å². The molecule has 22 heavy (non-hydrogen) atoms. The highest BCUT2D eigenvalue weighted by Crippen LogP contribution is 2.21. The van der Waals surface area contributed by atoms with E-state index in [1.165, 1.54) is 12.1 Å². The molecule has 6 heteroatoms. The average Bonchev–Trinajstić information content (AvgIpc) is 2.85. The van der Waals surface area contributed by atoms with Crippen LogP contribution in [0.15, 0.2) is 48.7 Å². The molecule has 0 aliphatic heterocycles. The molecule has 0 atom stereocenters. The van der Waals surface area contributed by atoms with Gasteiger partial charge >= 0.3 is 0 Å². The Bertz CT molecular complexity index is 831. The third-order valence-electron chi connectivity index (χ3n) is 3.28. The molecule has 0 saturated carbocycles. The van der Waals surface area contributed by atoms with E-state index < -0.39 is 0 Å². The molecular formula is C16H13ClFN3O. The maximum absolute atomic E-state index is 13.1. The number of nitrogens with one attached hydrogen (secondary N) is 1. The molecule has 1 aromatic carbocycles. The van der Waals surface area contributed by atoms with Gasteiger partial charge < -0.3 is 5.32 Å². The Balaban J connectivity index is 1.67. The fraction of sp³-hybridized carbons (Fsp3) is 0.125. The molecule has 112 valence electrons. The van der Waals surface area contributed by atoms with Crippen molar-refractivity contribution >= 4 is 23.0 Å². The lowest BCUT2D eigenvalue weighted by molar-refractivity contribution is 0.0949.